The van der Waals surface area contributed by atoms with Crippen molar-refractivity contribution in [3.63, 3.8) is 0 Å². The lowest BCUT2D eigenvalue weighted by Crippen LogP contribution is -2.53. The van der Waals surface area contributed by atoms with Gasteiger partial charge in [-0.15, -0.1) is 11.3 Å². The fourth-order valence-corrected chi connectivity index (χ4v) is 7.09. The van der Waals surface area contributed by atoms with Crippen molar-refractivity contribution < 1.29 is 29.0 Å². The van der Waals surface area contributed by atoms with E-state index in [2.05, 4.69) is 19.2 Å². The Morgan fingerprint density at radius 1 is 1.18 bits per heavy atom. The third kappa shape index (κ3) is 5.89. The maximum atomic E-state index is 13.7. The molecular weight excluding hydrogens is 580 g/mol. The van der Waals surface area contributed by atoms with Crippen LogP contribution in [0.25, 0.3) is 21.6 Å². The molecule has 2 amide bonds. The predicted octanol–water partition coefficient (Wildman–Crippen LogP) is 5.32. The number of amides is 2. The Bertz CT molecular complexity index is 1620. The van der Waals surface area contributed by atoms with E-state index in [1.54, 1.807) is 12.0 Å². The molecule has 0 unspecified atom stereocenters. The van der Waals surface area contributed by atoms with Crippen LogP contribution in [0.2, 0.25) is 0 Å². The first-order valence-corrected chi connectivity index (χ1v) is 16.2. The number of carboxylic acids is 1. The maximum absolute atomic E-state index is 13.7. The summed E-state index contributed by atoms with van der Waals surface area (Å²) in [7, 11) is 1.60. The van der Waals surface area contributed by atoms with E-state index in [1.807, 2.05) is 41.8 Å². The summed E-state index contributed by atoms with van der Waals surface area (Å²) in [4.78, 5) is 50.6. The van der Waals surface area contributed by atoms with Crippen molar-refractivity contribution in [1.82, 2.24) is 20.2 Å². The first-order valence-electron chi connectivity index (χ1n) is 15.3. The Hall–Kier alpha value is -3.99. The number of allylic oxidation sites excluding steroid dienone is 1. The molecule has 2 aromatic heterocycles. The number of methoxy groups -OCH3 is 1. The molecule has 0 radical (unpaired) electrons. The molecule has 6 rings (SSSR count). The number of carbonyl (C=O) groups excluding carboxylic acids is 2. The second-order valence-corrected chi connectivity index (χ2v) is 13.1. The van der Waals surface area contributed by atoms with E-state index in [1.165, 1.54) is 11.3 Å². The van der Waals surface area contributed by atoms with Crippen molar-refractivity contribution in [2.75, 3.05) is 13.7 Å². The Balaban J connectivity index is 1.31. The first-order chi connectivity index (χ1) is 21.2. The highest BCUT2D eigenvalue weighted by molar-refractivity contribution is 7.13. The number of thiazole rings is 1. The van der Waals surface area contributed by atoms with Gasteiger partial charge in [0.05, 0.1) is 24.9 Å². The molecule has 2 aliphatic heterocycles. The average Bonchev–Trinajstić information content (AvgIpc) is 3.32. The van der Waals surface area contributed by atoms with Crippen LogP contribution in [0.4, 0.5) is 0 Å². The molecule has 10 nitrogen and oxygen atoms in total. The number of hydrogen-bond acceptors (Lipinski definition) is 8. The third-order valence-electron chi connectivity index (χ3n) is 8.86. The minimum absolute atomic E-state index is 0.116. The molecule has 3 aromatic rings. The van der Waals surface area contributed by atoms with E-state index < -0.39 is 29.6 Å². The van der Waals surface area contributed by atoms with Crippen LogP contribution in [0.1, 0.15) is 70.4 Å². The molecule has 0 spiro atoms. The number of benzene rings is 1. The van der Waals surface area contributed by atoms with E-state index >= 15 is 0 Å². The largest absolute Gasteiger partial charge is 0.497 e. The Morgan fingerprint density at radius 2 is 2.02 bits per heavy atom. The molecule has 232 valence electrons. The zero-order chi connectivity index (χ0) is 31.0. The highest BCUT2D eigenvalue weighted by atomic mass is 32.1. The summed E-state index contributed by atoms with van der Waals surface area (Å²) in [5.74, 6) is -0.359. The zero-order valence-electron chi connectivity index (χ0n) is 25.2. The van der Waals surface area contributed by atoms with Crippen molar-refractivity contribution >= 4 is 40.0 Å². The van der Waals surface area contributed by atoms with Gasteiger partial charge in [0.2, 0.25) is 11.8 Å². The van der Waals surface area contributed by atoms with Gasteiger partial charge in [-0.25, -0.2) is 14.8 Å². The van der Waals surface area contributed by atoms with Crippen LogP contribution >= 0.6 is 11.3 Å². The summed E-state index contributed by atoms with van der Waals surface area (Å²) in [5, 5.41) is 16.4. The smallest absolute Gasteiger partial charge is 0.330 e. The van der Waals surface area contributed by atoms with Gasteiger partial charge in [0.25, 0.3) is 0 Å². The summed E-state index contributed by atoms with van der Waals surface area (Å²) in [6, 6.07) is 6.63. The van der Waals surface area contributed by atoms with Crippen LogP contribution < -0.4 is 14.8 Å². The summed E-state index contributed by atoms with van der Waals surface area (Å²) in [5.41, 5.74) is 1.00. The molecule has 2 fully saturated rings. The predicted molar refractivity (Wildman–Crippen MR) is 167 cm³/mol. The molecule has 3 aliphatic rings. The normalized spacial score (nSPS) is 26.5. The van der Waals surface area contributed by atoms with Crippen molar-refractivity contribution in [3.8, 4) is 22.2 Å². The molecule has 4 heterocycles. The second-order valence-electron chi connectivity index (χ2n) is 12.3. The van der Waals surface area contributed by atoms with Crippen molar-refractivity contribution in [2.45, 2.75) is 82.4 Å². The van der Waals surface area contributed by atoms with Gasteiger partial charge < -0.3 is 24.8 Å². The quantitative estimate of drug-likeness (QED) is 0.355. The van der Waals surface area contributed by atoms with Gasteiger partial charge in [-0.3, -0.25) is 9.59 Å². The summed E-state index contributed by atoms with van der Waals surface area (Å²) in [6.45, 7) is 4.42. The number of rotatable bonds is 6. The number of aromatic nitrogens is 2. The second kappa shape index (κ2) is 12.2. The highest BCUT2D eigenvalue weighted by Crippen LogP contribution is 2.45. The molecule has 0 bridgehead atoms. The van der Waals surface area contributed by atoms with E-state index in [4.69, 9.17) is 19.4 Å². The van der Waals surface area contributed by atoms with Crippen LogP contribution in [0.15, 0.2) is 41.8 Å². The number of fused-ring (bicyclic) bond motifs is 3. The molecule has 2 N–H and O–H groups in total. The van der Waals surface area contributed by atoms with Crippen molar-refractivity contribution in [3.05, 3.63) is 47.5 Å². The molecule has 1 aliphatic carbocycles. The number of ether oxygens (including phenoxy) is 2. The standard InChI is InChI=1S/C33H38N4O6S/c1-19(2)26-18-44-31(35-26)25-15-28(23-12-11-21(42-3)13-24(23)34-25)43-22-14-27-30(39)36-33(32(40)41)16-20(33)9-7-5-4-6-8-10-29(38)37(27)17-22/h7,9,11-13,15,18-20,22,27H,4-6,8,10,14,16-17H2,1-3H3,(H,36,39)(H,40,41)/b9-7-/t20-,22-,27+,33-/m1/s1. The summed E-state index contributed by atoms with van der Waals surface area (Å²) in [6.07, 6.45) is 7.73. The lowest BCUT2D eigenvalue weighted by Gasteiger charge is -2.25. The van der Waals surface area contributed by atoms with E-state index in [9.17, 15) is 19.5 Å². The first kappa shape index (κ1) is 30.1. The Kier molecular flexibility index (Phi) is 8.32. The SMILES string of the molecule is COc1ccc2c(O[C@@H]3C[C@H]4C(=O)N[C@]5(C(=O)O)C[C@H]5/C=C\CCCCCC(=O)N4C3)cc(-c3nc(C(C)C)cs3)nc2c1. The van der Waals surface area contributed by atoms with Crippen molar-refractivity contribution in [1.29, 1.82) is 0 Å². The maximum Gasteiger partial charge on any atom is 0.330 e. The van der Waals surface area contributed by atoms with E-state index in [0.29, 0.717) is 35.6 Å². The van der Waals surface area contributed by atoms with Gasteiger partial charge >= 0.3 is 5.97 Å². The fraction of sp³-hybridized carbons (Fsp3) is 0.485. The monoisotopic (exact) mass is 618 g/mol. The van der Waals surface area contributed by atoms with Gasteiger partial charge in [0.15, 0.2) is 0 Å². The Morgan fingerprint density at radius 3 is 2.77 bits per heavy atom. The number of carboxylic acid groups (broad SMARTS) is 1. The number of pyridine rings is 1. The molecule has 4 atom stereocenters. The summed E-state index contributed by atoms with van der Waals surface area (Å²) < 4.78 is 12.1. The van der Waals surface area contributed by atoms with Crippen LogP contribution in [0.3, 0.4) is 0 Å². The third-order valence-corrected chi connectivity index (χ3v) is 9.75. The number of nitrogens with zero attached hydrogens (tertiary/aromatic N) is 3. The minimum Gasteiger partial charge on any atom is -0.497 e. The average molecular weight is 619 g/mol. The molecular formula is C33H38N4O6S. The van der Waals surface area contributed by atoms with Gasteiger partial charge in [-0.05, 0) is 43.7 Å². The van der Waals surface area contributed by atoms with E-state index in [-0.39, 0.29) is 30.7 Å². The number of aliphatic carboxylic acids is 1. The number of nitrogens with one attached hydrogen (secondary N) is 1. The lowest BCUT2D eigenvalue weighted by molar-refractivity contribution is -0.145. The van der Waals surface area contributed by atoms with Gasteiger partial charge in [0.1, 0.15) is 39.9 Å². The molecule has 44 heavy (non-hydrogen) atoms. The summed E-state index contributed by atoms with van der Waals surface area (Å²) >= 11 is 1.52. The highest BCUT2D eigenvalue weighted by Gasteiger charge is 2.61. The molecule has 11 heteroatoms. The topological polar surface area (TPSA) is 131 Å². The Labute approximate surface area is 260 Å². The molecule has 1 saturated carbocycles. The van der Waals surface area contributed by atoms with Crippen LogP contribution in [0, 0.1) is 5.92 Å². The van der Waals surface area contributed by atoms with Gasteiger partial charge in [-0.2, -0.15) is 0 Å². The van der Waals surface area contributed by atoms with Crippen LogP contribution in [-0.4, -0.2) is 69.1 Å². The molecule has 1 saturated heterocycles. The fourth-order valence-electron chi connectivity index (χ4n) is 6.15. The van der Waals surface area contributed by atoms with Crippen molar-refractivity contribution in [2.24, 2.45) is 5.92 Å². The van der Waals surface area contributed by atoms with Gasteiger partial charge in [0, 0.05) is 41.7 Å². The van der Waals surface area contributed by atoms with E-state index in [0.717, 1.165) is 41.8 Å². The minimum atomic E-state index is -1.33. The van der Waals surface area contributed by atoms with Crippen LogP contribution in [-0.2, 0) is 14.4 Å². The molecule has 1 aromatic carbocycles. The van der Waals surface area contributed by atoms with Gasteiger partial charge in [-0.1, -0.05) is 32.4 Å². The van der Waals surface area contributed by atoms with Crippen LogP contribution in [0.5, 0.6) is 11.5 Å². The lowest BCUT2D eigenvalue weighted by atomic mass is 10.1. The number of hydrogen-bond donors (Lipinski definition) is 2. The number of carbonyl (C=O) groups is 3. The zero-order valence-corrected chi connectivity index (χ0v) is 26.1.